The molecular weight excluding hydrogens is 266 g/mol. The Morgan fingerprint density at radius 1 is 0.500 bits per heavy atom. The second kappa shape index (κ2) is 4.28. The average Bonchev–Trinajstić information content (AvgIpc) is 2.60. The summed E-state index contributed by atoms with van der Waals surface area (Å²) < 4.78 is 0. The molecule has 1 heteroatoms. The second-order valence-corrected chi connectivity index (χ2v) is 5.69. The molecule has 0 saturated carbocycles. The van der Waals surface area contributed by atoms with E-state index in [2.05, 4.69) is 71.7 Å². The Hall–Kier alpha value is -2.93. The van der Waals surface area contributed by atoms with Crippen molar-refractivity contribution in [2.45, 2.75) is 0 Å². The fourth-order valence-electron chi connectivity index (χ4n) is 3.46. The van der Waals surface area contributed by atoms with Crippen molar-refractivity contribution in [1.82, 2.24) is 4.98 Å². The molecule has 0 aliphatic rings. The number of hydrogen-bond donors (Lipinski definition) is 0. The Bertz CT molecular complexity index is 1170. The maximum Gasteiger partial charge on any atom is 0.0780 e. The van der Waals surface area contributed by atoms with Crippen molar-refractivity contribution in [3.8, 4) is 0 Å². The van der Waals surface area contributed by atoms with E-state index in [0.717, 1.165) is 5.52 Å². The number of nitrogens with zero attached hydrogens (tertiary/aromatic N) is 1. The van der Waals surface area contributed by atoms with Crippen molar-refractivity contribution in [1.29, 1.82) is 0 Å². The third-order valence-electron chi connectivity index (χ3n) is 4.47. The van der Waals surface area contributed by atoms with Crippen LogP contribution in [0.3, 0.4) is 0 Å². The van der Waals surface area contributed by atoms with Gasteiger partial charge in [-0.25, -0.2) is 0 Å². The summed E-state index contributed by atoms with van der Waals surface area (Å²) >= 11 is 0. The van der Waals surface area contributed by atoms with E-state index in [1.54, 1.807) is 0 Å². The van der Waals surface area contributed by atoms with E-state index in [1.807, 2.05) is 12.3 Å². The highest BCUT2D eigenvalue weighted by atomic mass is 14.6. The monoisotopic (exact) mass is 279 g/mol. The van der Waals surface area contributed by atoms with Gasteiger partial charge in [-0.3, -0.25) is 4.98 Å². The van der Waals surface area contributed by atoms with Crippen LogP contribution in [0, 0.1) is 0 Å². The zero-order valence-electron chi connectivity index (χ0n) is 12.0. The molecule has 0 atom stereocenters. The van der Waals surface area contributed by atoms with Gasteiger partial charge in [-0.1, -0.05) is 66.7 Å². The number of rotatable bonds is 0. The van der Waals surface area contributed by atoms with Gasteiger partial charge >= 0.3 is 0 Å². The lowest BCUT2D eigenvalue weighted by molar-refractivity contribution is 1.43. The van der Waals surface area contributed by atoms with E-state index in [4.69, 9.17) is 0 Å². The van der Waals surface area contributed by atoms with Crippen LogP contribution >= 0.6 is 0 Å². The first-order valence-electron chi connectivity index (χ1n) is 7.50. The molecule has 1 aromatic heterocycles. The quantitative estimate of drug-likeness (QED) is 0.332. The van der Waals surface area contributed by atoms with Crippen molar-refractivity contribution >= 4 is 43.2 Å². The molecule has 0 N–H and O–H groups in total. The zero-order chi connectivity index (χ0) is 14.5. The molecule has 1 nitrogen and oxygen atoms in total. The van der Waals surface area contributed by atoms with Crippen LogP contribution in [-0.2, 0) is 0 Å². The third-order valence-corrected chi connectivity index (χ3v) is 4.47. The van der Waals surface area contributed by atoms with Crippen LogP contribution in [0.15, 0.2) is 79.0 Å². The molecule has 0 bridgehead atoms. The number of pyridine rings is 1. The van der Waals surface area contributed by atoms with Crippen molar-refractivity contribution in [2.24, 2.45) is 0 Å². The molecule has 0 saturated heterocycles. The van der Waals surface area contributed by atoms with Gasteiger partial charge in [-0.2, -0.15) is 0 Å². The topological polar surface area (TPSA) is 12.9 Å². The van der Waals surface area contributed by atoms with E-state index in [0.29, 0.717) is 0 Å². The largest absolute Gasteiger partial charge is 0.256 e. The minimum Gasteiger partial charge on any atom is -0.256 e. The number of benzene rings is 4. The summed E-state index contributed by atoms with van der Waals surface area (Å²) in [5.41, 5.74) is 1.08. The summed E-state index contributed by atoms with van der Waals surface area (Å²) in [4.78, 5) is 4.60. The Morgan fingerprint density at radius 3 is 2.23 bits per heavy atom. The lowest BCUT2D eigenvalue weighted by Gasteiger charge is -2.09. The van der Waals surface area contributed by atoms with Gasteiger partial charge in [-0.15, -0.1) is 0 Å². The predicted octanol–water partition coefficient (Wildman–Crippen LogP) is 5.69. The molecule has 0 spiro atoms. The van der Waals surface area contributed by atoms with Crippen LogP contribution in [0.1, 0.15) is 0 Å². The van der Waals surface area contributed by atoms with Crippen molar-refractivity contribution in [3.63, 3.8) is 0 Å². The van der Waals surface area contributed by atoms with Crippen LogP contribution in [0.2, 0.25) is 0 Å². The average molecular weight is 279 g/mol. The van der Waals surface area contributed by atoms with Gasteiger partial charge in [0.1, 0.15) is 0 Å². The van der Waals surface area contributed by atoms with Gasteiger partial charge in [0.15, 0.2) is 0 Å². The van der Waals surface area contributed by atoms with E-state index in [-0.39, 0.29) is 0 Å². The third kappa shape index (κ3) is 1.51. The molecule has 0 unspecified atom stereocenters. The maximum atomic E-state index is 4.60. The van der Waals surface area contributed by atoms with E-state index >= 15 is 0 Å². The SMILES string of the molecule is c1ccc2c(c1)ccc1ccc3c(ccc4cccnc43)c12. The summed E-state index contributed by atoms with van der Waals surface area (Å²) in [6.07, 6.45) is 1.87. The summed E-state index contributed by atoms with van der Waals surface area (Å²) in [5.74, 6) is 0. The zero-order valence-corrected chi connectivity index (χ0v) is 12.0. The summed E-state index contributed by atoms with van der Waals surface area (Å²) in [5, 5.41) is 8.88. The van der Waals surface area contributed by atoms with Gasteiger partial charge in [-0.05, 0) is 33.0 Å². The van der Waals surface area contributed by atoms with E-state index in [1.165, 1.54) is 37.7 Å². The van der Waals surface area contributed by atoms with Gasteiger partial charge in [0.05, 0.1) is 5.52 Å². The molecule has 102 valence electrons. The molecule has 0 aliphatic carbocycles. The number of hydrogen-bond acceptors (Lipinski definition) is 1. The van der Waals surface area contributed by atoms with Crippen molar-refractivity contribution in [3.05, 3.63) is 79.0 Å². The molecule has 4 aromatic carbocycles. The Balaban J connectivity index is 2.11. The van der Waals surface area contributed by atoms with Crippen LogP contribution in [-0.4, -0.2) is 4.98 Å². The Morgan fingerprint density at radius 2 is 1.23 bits per heavy atom. The molecule has 1 heterocycles. The Labute approximate surface area is 127 Å². The van der Waals surface area contributed by atoms with Gasteiger partial charge in [0.25, 0.3) is 0 Å². The number of fused-ring (bicyclic) bond motifs is 7. The summed E-state index contributed by atoms with van der Waals surface area (Å²) in [6, 6.07) is 25.9. The lowest BCUT2D eigenvalue weighted by Crippen LogP contribution is -1.84. The summed E-state index contributed by atoms with van der Waals surface area (Å²) in [6.45, 7) is 0. The van der Waals surface area contributed by atoms with Crippen LogP contribution in [0.4, 0.5) is 0 Å². The summed E-state index contributed by atoms with van der Waals surface area (Å²) in [7, 11) is 0. The van der Waals surface area contributed by atoms with Gasteiger partial charge in [0, 0.05) is 17.0 Å². The van der Waals surface area contributed by atoms with Crippen LogP contribution in [0.5, 0.6) is 0 Å². The van der Waals surface area contributed by atoms with Gasteiger partial charge < -0.3 is 0 Å². The van der Waals surface area contributed by atoms with E-state index < -0.39 is 0 Å². The lowest BCUT2D eigenvalue weighted by atomic mass is 9.95. The maximum absolute atomic E-state index is 4.60. The molecule has 5 rings (SSSR count). The van der Waals surface area contributed by atoms with Crippen molar-refractivity contribution in [2.75, 3.05) is 0 Å². The molecule has 0 fully saturated rings. The van der Waals surface area contributed by atoms with Crippen LogP contribution < -0.4 is 0 Å². The molecular formula is C21H13N. The van der Waals surface area contributed by atoms with Crippen molar-refractivity contribution < 1.29 is 0 Å². The molecule has 5 aromatic rings. The molecule has 0 amide bonds. The molecule has 0 aliphatic heterocycles. The minimum absolute atomic E-state index is 1.08. The van der Waals surface area contributed by atoms with Crippen LogP contribution in [0.25, 0.3) is 43.2 Å². The number of aromatic nitrogens is 1. The second-order valence-electron chi connectivity index (χ2n) is 5.69. The first kappa shape index (κ1) is 11.7. The predicted molar refractivity (Wildman–Crippen MR) is 94.3 cm³/mol. The fraction of sp³-hybridized carbons (Fsp3) is 0. The first-order valence-corrected chi connectivity index (χ1v) is 7.50. The van der Waals surface area contributed by atoms with E-state index in [9.17, 15) is 0 Å². The highest BCUT2D eigenvalue weighted by Gasteiger charge is 2.07. The molecule has 22 heavy (non-hydrogen) atoms. The normalized spacial score (nSPS) is 11.6. The minimum atomic E-state index is 1.08. The Kier molecular flexibility index (Phi) is 2.28. The smallest absolute Gasteiger partial charge is 0.0780 e. The highest BCUT2D eigenvalue weighted by molar-refractivity contribution is 6.23. The standard InChI is InChI=1S/C21H13N/c1-2-6-17-14(4-1)7-8-15-9-12-19-18(20(15)17)11-10-16-5-3-13-22-21(16)19/h1-13H. The fourth-order valence-corrected chi connectivity index (χ4v) is 3.46. The van der Waals surface area contributed by atoms with Gasteiger partial charge in [0.2, 0.25) is 0 Å². The highest BCUT2D eigenvalue weighted by Crippen LogP contribution is 2.34. The first-order chi connectivity index (χ1) is 10.9. The molecule has 0 radical (unpaired) electrons.